The first-order valence-electron chi connectivity index (χ1n) is 16.8. The standard InChI is InChI=1S/C38H46N4O3S/c1-21-11-22(2)13-26(12-21)34-32(23(3)16-40-36(45)27-19-42(20-27)18-24-7-6-8-28(43)14-24)29-15-31(46-37(29)41-34)38(4,5)35(44)33-25-9-10-30(33)39-17-25/h6-8,11-15,23,25,27,30,33,39,41,43H,9-10,16-20H2,1-5H3,(H,40,45)/t23-,25?,30?,33?/m1/s1. The first kappa shape index (κ1) is 31.2. The van der Waals surface area contributed by atoms with E-state index in [1.807, 2.05) is 12.1 Å². The molecule has 0 spiro atoms. The van der Waals surface area contributed by atoms with Gasteiger partial charge in [0.2, 0.25) is 5.91 Å². The molecule has 2 saturated heterocycles. The summed E-state index contributed by atoms with van der Waals surface area (Å²) in [6.45, 7) is 14.3. The summed E-state index contributed by atoms with van der Waals surface area (Å²) in [5, 5.41) is 17.8. The van der Waals surface area contributed by atoms with Crippen molar-refractivity contribution in [3.8, 4) is 17.0 Å². The quantitative estimate of drug-likeness (QED) is 0.161. The average molecular weight is 639 g/mol. The van der Waals surface area contributed by atoms with E-state index < -0.39 is 5.41 Å². The number of aromatic nitrogens is 1. The van der Waals surface area contributed by atoms with Crippen molar-refractivity contribution in [3.05, 3.63) is 75.7 Å². The van der Waals surface area contributed by atoms with Crippen LogP contribution in [0.3, 0.4) is 0 Å². The molecule has 4 atom stereocenters. The number of amides is 1. The zero-order valence-corrected chi connectivity index (χ0v) is 28.4. The second kappa shape index (κ2) is 12.0. The number of likely N-dealkylation sites (tertiary alicyclic amines) is 1. The van der Waals surface area contributed by atoms with Crippen LogP contribution in [0.15, 0.2) is 48.5 Å². The van der Waals surface area contributed by atoms with Gasteiger partial charge in [-0.2, -0.15) is 0 Å². The van der Waals surface area contributed by atoms with Crippen molar-refractivity contribution in [2.45, 2.75) is 71.4 Å². The molecule has 2 aromatic heterocycles. The average Bonchev–Trinajstić information content (AvgIpc) is 3.76. The Hall–Kier alpha value is -3.46. The van der Waals surface area contributed by atoms with Crippen molar-refractivity contribution >= 4 is 33.2 Å². The monoisotopic (exact) mass is 638 g/mol. The van der Waals surface area contributed by atoms with Gasteiger partial charge < -0.3 is 20.7 Å². The number of fused-ring (bicyclic) bond motifs is 3. The number of nitrogens with one attached hydrogen (secondary N) is 3. The van der Waals surface area contributed by atoms with Crippen LogP contribution in [-0.4, -0.2) is 58.9 Å². The fraction of sp³-hybridized carbons (Fsp3) is 0.474. The predicted octanol–water partition coefficient (Wildman–Crippen LogP) is 6.42. The molecule has 46 heavy (non-hydrogen) atoms. The molecule has 4 N–H and O–H groups in total. The number of H-pyrrole nitrogens is 1. The number of Topliss-reactive ketones (excluding diaryl/α,β-unsaturated/α-hetero) is 1. The molecular weight excluding hydrogens is 593 g/mol. The Morgan fingerprint density at radius 2 is 1.85 bits per heavy atom. The van der Waals surface area contributed by atoms with E-state index in [1.54, 1.807) is 23.5 Å². The van der Waals surface area contributed by atoms with Crippen molar-refractivity contribution in [3.63, 3.8) is 0 Å². The van der Waals surface area contributed by atoms with E-state index in [9.17, 15) is 14.7 Å². The number of hydrogen-bond acceptors (Lipinski definition) is 6. The fourth-order valence-corrected chi connectivity index (χ4v) is 9.41. The molecule has 3 aliphatic rings. The number of thiophene rings is 1. The van der Waals surface area contributed by atoms with Gasteiger partial charge in [-0.25, -0.2) is 0 Å². The molecule has 4 aromatic rings. The number of aromatic amines is 1. The van der Waals surface area contributed by atoms with Gasteiger partial charge in [0.1, 0.15) is 16.4 Å². The molecule has 2 aromatic carbocycles. The van der Waals surface area contributed by atoms with E-state index in [1.165, 1.54) is 16.7 Å². The number of rotatable bonds is 10. The zero-order valence-electron chi connectivity index (χ0n) is 27.6. The minimum Gasteiger partial charge on any atom is -0.508 e. The maximum Gasteiger partial charge on any atom is 0.225 e. The van der Waals surface area contributed by atoms with E-state index in [0.717, 1.165) is 57.8 Å². The predicted molar refractivity (Wildman–Crippen MR) is 185 cm³/mol. The molecule has 242 valence electrons. The molecule has 3 fully saturated rings. The Balaban J connectivity index is 1.11. The molecule has 7 nitrogen and oxygen atoms in total. The van der Waals surface area contributed by atoms with Crippen LogP contribution < -0.4 is 10.6 Å². The third-order valence-corrected chi connectivity index (χ3v) is 12.1. The number of phenols is 1. The van der Waals surface area contributed by atoms with Crippen molar-refractivity contribution in [2.75, 3.05) is 26.2 Å². The van der Waals surface area contributed by atoms with E-state index in [4.69, 9.17) is 0 Å². The second-order valence-corrected chi connectivity index (χ2v) is 15.8. The number of aromatic hydroxyl groups is 1. The number of hydrogen-bond donors (Lipinski definition) is 4. The highest BCUT2D eigenvalue weighted by Gasteiger charge is 2.50. The van der Waals surface area contributed by atoms with E-state index >= 15 is 0 Å². The van der Waals surface area contributed by atoms with Crippen LogP contribution in [0.4, 0.5) is 0 Å². The molecule has 1 saturated carbocycles. The summed E-state index contributed by atoms with van der Waals surface area (Å²) in [7, 11) is 0. The first-order chi connectivity index (χ1) is 22.0. The van der Waals surface area contributed by atoms with Crippen LogP contribution in [0, 0.1) is 31.6 Å². The van der Waals surface area contributed by atoms with Crippen molar-refractivity contribution < 1.29 is 14.7 Å². The Bertz CT molecular complexity index is 1760. The molecule has 1 aliphatic carbocycles. The molecular formula is C38H46N4O3S. The minimum absolute atomic E-state index is 0.0328. The molecule has 2 bridgehead atoms. The summed E-state index contributed by atoms with van der Waals surface area (Å²) in [6, 6.07) is 16.5. The molecule has 7 rings (SSSR count). The van der Waals surface area contributed by atoms with Crippen LogP contribution in [0.2, 0.25) is 0 Å². The van der Waals surface area contributed by atoms with Crippen molar-refractivity contribution in [2.24, 2.45) is 17.8 Å². The van der Waals surface area contributed by atoms with Gasteiger partial charge in [0, 0.05) is 54.3 Å². The number of carbonyl (C=O) groups excluding carboxylic acids is 2. The Kier molecular flexibility index (Phi) is 8.10. The first-order valence-corrected chi connectivity index (χ1v) is 17.6. The van der Waals surface area contributed by atoms with Gasteiger partial charge in [0.15, 0.2) is 0 Å². The van der Waals surface area contributed by atoms with Gasteiger partial charge in [-0.05, 0) is 100 Å². The van der Waals surface area contributed by atoms with E-state index in [2.05, 4.69) is 79.4 Å². The highest BCUT2D eigenvalue weighted by atomic mass is 32.1. The fourth-order valence-electron chi connectivity index (χ4n) is 8.22. The highest BCUT2D eigenvalue weighted by molar-refractivity contribution is 7.19. The normalized spacial score (nSPS) is 22.3. The lowest BCUT2D eigenvalue weighted by Gasteiger charge is -2.38. The lowest BCUT2D eigenvalue weighted by Crippen LogP contribution is -2.53. The van der Waals surface area contributed by atoms with E-state index in [-0.39, 0.29) is 29.4 Å². The topological polar surface area (TPSA) is 97.5 Å². The zero-order chi connectivity index (χ0) is 32.3. The molecule has 0 radical (unpaired) electrons. The Labute approximate surface area is 275 Å². The number of aryl methyl sites for hydroxylation is 2. The van der Waals surface area contributed by atoms with Crippen LogP contribution in [-0.2, 0) is 21.5 Å². The smallest absolute Gasteiger partial charge is 0.225 e. The SMILES string of the molecule is Cc1cc(C)cc(-c2[nH]c3sc(C(C)(C)C(=O)C4C5CCC4NC5)cc3c2[C@H](C)CNC(=O)C2CN(Cc3cccc(O)c3)C2)c1. The number of carbonyl (C=O) groups is 2. The summed E-state index contributed by atoms with van der Waals surface area (Å²) in [6.07, 6.45) is 2.25. The molecule has 2 aliphatic heterocycles. The largest absolute Gasteiger partial charge is 0.508 e. The van der Waals surface area contributed by atoms with Gasteiger partial charge in [-0.15, -0.1) is 11.3 Å². The highest BCUT2D eigenvalue weighted by Crippen LogP contribution is 2.46. The van der Waals surface area contributed by atoms with Crippen LogP contribution in [0.1, 0.15) is 66.7 Å². The molecule has 3 unspecified atom stereocenters. The lowest BCUT2D eigenvalue weighted by atomic mass is 9.76. The molecule has 1 amide bonds. The number of phenolic OH excluding ortho intramolecular Hbond substituents is 1. The third kappa shape index (κ3) is 5.69. The van der Waals surface area contributed by atoms with E-state index in [0.29, 0.717) is 37.4 Å². The number of benzene rings is 2. The van der Waals surface area contributed by atoms with Gasteiger partial charge >= 0.3 is 0 Å². The second-order valence-electron chi connectivity index (χ2n) is 14.7. The maximum absolute atomic E-state index is 14.0. The number of ketones is 1. The number of nitrogens with zero attached hydrogens (tertiary/aromatic N) is 1. The van der Waals surface area contributed by atoms with Gasteiger partial charge in [-0.1, -0.05) is 36.2 Å². The van der Waals surface area contributed by atoms with Gasteiger partial charge in [0.05, 0.1) is 17.0 Å². The number of piperidine rings is 1. The summed E-state index contributed by atoms with van der Waals surface area (Å²) in [4.78, 5) is 35.4. The maximum atomic E-state index is 14.0. The molecule has 4 heterocycles. The van der Waals surface area contributed by atoms with Gasteiger partial charge in [0.25, 0.3) is 0 Å². The summed E-state index contributed by atoms with van der Waals surface area (Å²) < 4.78 is 0. The van der Waals surface area contributed by atoms with Crippen LogP contribution in [0.25, 0.3) is 21.5 Å². The van der Waals surface area contributed by atoms with Crippen molar-refractivity contribution in [1.29, 1.82) is 0 Å². The minimum atomic E-state index is -0.564. The Morgan fingerprint density at radius 3 is 2.50 bits per heavy atom. The molecule has 8 heteroatoms. The summed E-state index contributed by atoms with van der Waals surface area (Å²) >= 11 is 1.71. The third-order valence-electron chi connectivity index (χ3n) is 10.7. The van der Waals surface area contributed by atoms with Crippen molar-refractivity contribution in [1.82, 2.24) is 20.5 Å². The Morgan fingerprint density at radius 1 is 1.09 bits per heavy atom. The lowest BCUT2D eigenvalue weighted by molar-refractivity contribution is -0.130. The van der Waals surface area contributed by atoms with Gasteiger partial charge in [-0.3, -0.25) is 14.5 Å². The summed E-state index contributed by atoms with van der Waals surface area (Å²) in [5.74, 6) is 1.33. The van der Waals surface area contributed by atoms with Crippen LogP contribution >= 0.6 is 11.3 Å². The summed E-state index contributed by atoms with van der Waals surface area (Å²) in [5.41, 5.74) is 6.37. The van der Waals surface area contributed by atoms with Crippen LogP contribution in [0.5, 0.6) is 5.75 Å².